The first-order chi connectivity index (χ1) is 14.0. The number of carbonyl (C=O) groups is 2. The van der Waals surface area contributed by atoms with E-state index >= 15 is 0 Å². The van der Waals surface area contributed by atoms with Crippen LogP contribution < -0.4 is 21.0 Å². The van der Waals surface area contributed by atoms with Crippen molar-refractivity contribution in [1.82, 2.24) is 10.6 Å². The molecule has 0 bridgehead atoms. The second kappa shape index (κ2) is 10.1. The van der Waals surface area contributed by atoms with Crippen molar-refractivity contribution < 1.29 is 24.4 Å². The Morgan fingerprint density at radius 2 is 2.00 bits per heavy atom. The smallest absolute Gasteiger partial charge is 0.534 e. The maximum Gasteiger partial charge on any atom is 0.547 e. The van der Waals surface area contributed by atoms with Crippen molar-refractivity contribution in [3.8, 4) is 5.75 Å². The van der Waals surface area contributed by atoms with Crippen molar-refractivity contribution in [3.05, 3.63) is 29.3 Å². The molecule has 1 aliphatic heterocycles. The quantitative estimate of drug-likeness (QED) is 0.319. The van der Waals surface area contributed by atoms with E-state index in [0.717, 1.165) is 38.6 Å². The van der Waals surface area contributed by atoms with Crippen molar-refractivity contribution in [2.75, 3.05) is 13.1 Å². The van der Waals surface area contributed by atoms with E-state index in [0.29, 0.717) is 36.9 Å². The highest BCUT2D eigenvalue weighted by Gasteiger charge is 2.38. The molecular weight excluding hydrogens is 373 g/mol. The van der Waals surface area contributed by atoms with Gasteiger partial charge in [-0.05, 0) is 69.2 Å². The van der Waals surface area contributed by atoms with Crippen LogP contribution in [0, 0.1) is 5.92 Å². The summed E-state index contributed by atoms with van der Waals surface area (Å²) in [5, 5.41) is 25.9. The Morgan fingerprint density at radius 3 is 2.69 bits per heavy atom. The minimum atomic E-state index is -1.27. The van der Waals surface area contributed by atoms with Crippen molar-refractivity contribution in [1.29, 1.82) is 0 Å². The van der Waals surface area contributed by atoms with E-state index in [-0.39, 0.29) is 17.2 Å². The van der Waals surface area contributed by atoms with Gasteiger partial charge in [-0.25, -0.2) is 4.79 Å². The number of carboxylic acid groups (broad SMARTS) is 1. The number of rotatable bonds is 8. The van der Waals surface area contributed by atoms with Gasteiger partial charge in [-0.2, -0.15) is 0 Å². The van der Waals surface area contributed by atoms with Crippen molar-refractivity contribution in [3.63, 3.8) is 0 Å². The van der Waals surface area contributed by atoms with Crippen molar-refractivity contribution >= 4 is 19.0 Å². The molecule has 29 heavy (non-hydrogen) atoms. The van der Waals surface area contributed by atoms with E-state index in [2.05, 4.69) is 10.6 Å². The van der Waals surface area contributed by atoms with Crippen LogP contribution in [-0.2, 0) is 11.2 Å². The lowest BCUT2D eigenvalue weighted by atomic mass is 9.72. The van der Waals surface area contributed by atoms with E-state index in [1.807, 2.05) is 0 Å². The first kappa shape index (κ1) is 21.6. The van der Waals surface area contributed by atoms with Gasteiger partial charge in [0.2, 0.25) is 5.91 Å². The highest BCUT2D eigenvalue weighted by atomic mass is 16.5. The molecule has 1 aromatic carbocycles. The van der Waals surface area contributed by atoms with Crippen LogP contribution in [0.15, 0.2) is 18.2 Å². The standard InChI is InChI=1S/C20H30BN3O5/c22-9-2-10-23-15-7-5-13(6-8-15)11-18(25)24-17-12-14-3-1-4-16(20(26)27)19(14)29-21(17)28/h1,3-4,13,15,17,23,28H,2,5-12,22H2,(H,24,25)(H,26,27). The number of para-hydroxylation sites is 1. The molecule has 1 unspecified atom stereocenters. The molecule has 9 heteroatoms. The number of fused-ring (bicyclic) bond motifs is 1. The van der Waals surface area contributed by atoms with Crippen LogP contribution in [0.5, 0.6) is 5.75 Å². The summed E-state index contributed by atoms with van der Waals surface area (Å²) < 4.78 is 5.43. The molecule has 0 saturated heterocycles. The van der Waals surface area contributed by atoms with Gasteiger partial charge < -0.3 is 31.2 Å². The molecular formula is C20H30BN3O5. The van der Waals surface area contributed by atoms with Crippen molar-refractivity contribution in [2.24, 2.45) is 11.7 Å². The van der Waals surface area contributed by atoms with Crippen LogP contribution in [0.2, 0.25) is 0 Å². The molecule has 3 rings (SSSR count). The van der Waals surface area contributed by atoms with Crippen LogP contribution in [0.1, 0.15) is 54.4 Å². The molecule has 1 aliphatic carbocycles. The number of nitrogens with one attached hydrogen (secondary N) is 2. The van der Waals surface area contributed by atoms with Gasteiger partial charge in [0.05, 0.1) is 11.5 Å². The molecule has 158 valence electrons. The summed E-state index contributed by atoms with van der Waals surface area (Å²) in [6.07, 6.45) is 5.86. The highest BCUT2D eigenvalue weighted by Crippen LogP contribution is 2.31. The summed E-state index contributed by atoms with van der Waals surface area (Å²) in [4.78, 5) is 23.8. The lowest BCUT2D eigenvalue weighted by Crippen LogP contribution is -2.53. The number of carboxylic acids is 1. The Kier molecular flexibility index (Phi) is 7.52. The third-order valence-electron chi connectivity index (χ3n) is 5.83. The topological polar surface area (TPSA) is 134 Å². The number of amides is 1. The second-order valence-corrected chi connectivity index (χ2v) is 8.00. The molecule has 1 fully saturated rings. The Hall–Kier alpha value is -2.10. The molecule has 8 nitrogen and oxygen atoms in total. The van der Waals surface area contributed by atoms with Gasteiger partial charge in [0.15, 0.2) is 0 Å². The van der Waals surface area contributed by atoms with Gasteiger partial charge in [0.25, 0.3) is 0 Å². The monoisotopic (exact) mass is 403 g/mol. The zero-order chi connectivity index (χ0) is 20.8. The number of hydrogen-bond donors (Lipinski definition) is 5. The van der Waals surface area contributed by atoms with E-state index in [4.69, 9.17) is 10.4 Å². The number of hydrogen-bond acceptors (Lipinski definition) is 6. The minimum absolute atomic E-state index is 0.0168. The van der Waals surface area contributed by atoms with E-state index in [1.165, 1.54) is 6.07 Å². The fraction of sp³-hybridized carbons (Fsp3) is 0.600. The Bertz CT molecular complexity index is 724. The second-order valence-electron chi connectivity index (χ2n) is 8.00. The molecule has 0 aromatic heterocycles. The van der Waals surface area contributed by atoms with Gasteiger partial charge in [-0.3, -0.25) is 4.79 Å². The Morgan fingerprint density at radius 1 is 1.24 bits per heavy atom. The first-order valence-corrected chi connectivity index (χ1v) is 10.4. The zero-order valence-corrected chi connectivity index (χ0v) is 16.6. The van der Waals surface area contributed by atoms with Gasteiger partial charge in [-0.1, -0.05) is 12.1 Å². The molecule has 0 spiro atoms. The summed E-state index contributed by atoms with van der Waals surface area (Å²) >= 11 is 0. The minimum Gasteiger partial charge on any atom is -0.534 e. The van der Waals surface area contributed by atoms with Crippen LogP contribution in [-0.4, -0.2) is 54.2 Å². The predicted octanol–water partition coefficient (Wildman–Crippen LogP) is 0.712. The zero-order valence-electron chi connectivity index (χ0n) is 16.6. The number of aromatic carboxylic acids is 1. The molecule has 1 aromatic rings. The third kappa shape index (κ3) is 5.71. The highest BCUT2D eigenvalue weighted by molar-refractivity contribution is 6.47. The largest absolute Gasteiger partial charge is 0.547 e. The Labute approximate surface area is 171 Å². The summed E-state index contributed by atoms with van der Waals surface area (Å²) in [6.45, 7) is 1.64. The van der Waals surface area contributed by atoms with Gasteiger partial charge in [0.1, 0.15) is 5.75 Å². The number of carbonyl (C=O) groups excluding carboxylic acids is 1. The maximum atomic E-state index is 12.5. The molecule has 1 heterocycles. The molecule has 2 aliphatic rings. The lowest BCUT2D eigenvalue weighted by Gasteiger charge is -2.31. The predicted molar refractivity (Wildman–Crippen MR) is 110 cm³/mol. The van der Waals surface area contributed by atoms with Crippen LogP contribution in [0.3, 0.4) is 0 Å². The lowest BCUT2D eigenvalue weighted by molar-refractivity contribution is -0.122. The fourth-order valence-corrected chi connectivity index (χ4v) is 4.22. The Balaban J connectivity index is 1.48. The van der Waals surface area contributed by atoms with E-state index in [1.54, 1.807) is 12.1 Å². The molecule has 1 saturated carbocycles. The van der Waals surface area contributed by atoms with E-state index in [9.17, 15) is 19.7 Å². The van der Waals surface area contributed by atoms with Gasteiger partial charge >= 0.3 is 13.1 Å². The molecule has 1 amide bonds. The maximum absolute atomic E-state index is 12.5. The van der Waals surface area contributed by atoms with Gasteiger partial charge in [-0.15, -0.1) is 0 Å². The summed E-state index contributed by atoms with van der Waals surface area (Å²) in [6, 6.07) is 5.34. The van der Waals surface area contributed by atoms with E-state index < -0.39 is 19.0 Å². The molecule has 6 N–H and O–H groups in total. The molecule has 1 atom stereocenters. The van der Waals surface area contributed by atoms with Crippen molar-refractivity contribution in [2.45, 2.75) is 56.9 Å². The summed E-state index contributed by atoms with van der Waals surface area (Å²) in [7, 11) is -1.27. The molecule has 0 radical (unpaired) electrons. The summed E-state index contributed by atoms with van der Waals surface area (Å²) in [5.41, 5.74) is 6.21. The van der Waals surface area contributed by atoms with Crippen LogP contribution in [0.4, 0.5) is 0 Å². The van der Waals surface area contributed by atoms with Crippen LogP contribution in [0.25, 0.3) is 0 Å². The van der Waals surface area contributed by atoms with Gasteiger partial charge in [0, 0.05) is 12.5 Å². The number of nitrogens with two attached hydrogens (primary N) is 1. The average molecular weight is 403 g/mol. The third-order valence-corrected chi connectivity index (χ3v) is 5.83. The summed E-state index contributed by atoms with van der Waals surface area (Å²) in [5.74, 6) is -1.28. The van der Waals surface area contributed by atoms with Crippen LogP contribution >= 0.6 is 0 Å². The normalized spacial score (nSPS) is 23.8. The SMILES string of the molecule is NCCCNC1CCC(CC(=O)NC2Cc3cccc(C(=O)O)c3OB2O)CC1. The first-order valence-electron chi connectivity index (χ1n) is 10.4. The fourth-order valence-electron chi connectivity index (χ4n) is 4.22. The average Bonchev–Trinajstić information content (AvgIpc) is 2.69. The number of benzene rings is 1.